The van der Waals surface area contributed by atoms with E-state index in [1.54, 1.807) is 0 Å². The highest BCUT2D eigenvalue weighted by molar-refractivity contribution is 5.65. The Morgan fingerprint density at radius 3 is 3.00 bits per heavy atom. The summed E-state index contributed by atoms with van der Waals surface area (Å²) in [5.41, 5.74) is 6.07. The van der Waals surface area contributed by atoms with Crippen molar-refractivity contribution in [3.63, 3.8) is 0 Å². The van der Waals surface area contributed by atoms with E-state index >= 15 is 0 Å². The second kappa shape index (κ2) is 3.56. The Labute approximate surface area is 88.2 Å². The summed E-state index contributed by atoms with van der Waals surface area (Å²) in [4.78, 5) is 10.5. The van der Waals surface area contributed by atoms with E-state index in [1.807, 2.05) is 17.1 Å². The number of carbonyl (C=O) groups excluding carboxylic acids is 1. The summed E-state index contributed by atoms with van der Waals surface area (Å²) in [6.45, 7) is 4.14. The number of carbonyl (C=O) groups is 1. The summed E-state index contributed by atoms with van der Waals surface area (Å²) in [5.74, 6) is 0.282. The molecule has 0 saturated heterocycles. The average Bonchev–Trinajstić information content (AvgIpc) is 2.73. The van der Waals surface area contributed by atoms with Crippen molar-refractivity contribution in [1.29, 1.82) is 0 Å². The first-order valence-electron chi connectivity index (χ1n) is 5.08. The standard InChI is InChI=1S/C10H15N3O2/c1-6(2)13-5-7(4-12-13)8-3-9(8)15-10(11)14/h4-6,8-9H,3H2,1-2H3,(H2,11,14). The van der Waals surface area contributed by atoms with Crippen LogP contribution in [0.2, 0.25) is 0 Å². The van der Waals surface area contributed by atoms with Gasteiger partial charge in [0, 0.05) is 18.2 Å². The fourth-order valence-electron chi connectivity index (χ4n) is 1.63. The normalized spacial score (nSPS) is 24.2. The number of ether oxygens (including phenoxy) is 1. The van der Waals surface area contributed by atoms with Gasteiger partial charge in [-0.2, -0.15) is 5.10 Å². The van der Waals surface area contributed by atoms with Gasteiger partial charge in [0.25, 0.3) is 0 Å². The highest BCUT2D eigenvalue weighted by atomic mass is 16.6. The minimum atomic E-state index is -0.696. The van der Waals surface area contributed by atoms with E-state index in [1.165, 1.54) is 0 Å². The molecule has 1 heterocycles. The number of hydrogen-bond donors (Lipinski definition) is 1. The van der Waals surface area contributed by atoms with Crippen molar-refractivity contribution < 1.29 is 9.53 Å². The van der Waals surface area contributed by atoms with Gasteiger partial charge in [-0.25, -0.2) is 4.79 Å². The molecule has 1 aromatic heterocycles. The molecule has 1 aliphatic carbocycles. The van der Waals surface area contributed by atoms with Crippen molar-refractivity contribution in [3.05, 3.63) is 18.0 Å². The molecule has 0 radical (unpaired) electrons. The Hall–Kier alpha value is -1.52. The van der Waals surface area contributed by atoms with Gasteiger partial charge in [-0.05, 0) is 25.8 Å². The topological polar surface area (TPSA) is 70.1 Å². The second-order valence-electron chi connectivity index (χ2n) is 4.16. The van der Waals surface area contributed by atoms with Gasteiger partial charge in [-0.3, -0.25) is 4.68 Å². The molecule has 1 amide bonds. The molecule has 1 fully saturated rings. The molecule has 2 atom stereocenters. The van der Waals surface area contributed by atoms with Gasteiger partial charge in [0.2, 0.25) is 0 Å². The van der Waals surface area contributed by atoms with E-state index in [0.29, 0.717) is 6.04 Å². The molecule has 82 valence electrons. The zero-order valence-corrected chi connectivity index (χ0v) is 8.88. The molecular formula is C10H15N3O2. The molecule has 2 N–H and O–H groups in total. The second-order valence-corrected chi connectivity index (χ2v) is 4.16. The first kappa shape index (κ1) is 10.0. The van der Waals surface area contributed by atoms with Crippen LogP contribution >= 0.6 is 0 Å². The Morgan fingerprint density at radius 2 is 2.47 bits per heavy atom. The number of hydrogen-bond acceptors (Lipinski definition) is 3. The predicted octanol–water partition coefficient (Wildman–Crippen LogP) is 1.42. The van der Waals surface area contributed by atoms with Crippen molar-refractivity contribution in [2.75, 3.05) is 0 Å². The summed E-state index contributed by atoms with van der Waals surface area (Å²) in [6.07, 6.45) is 3.94. The maximum atomic E-state index is 10.5. The van der Waals surface area contributed by atoms with Crippen LogP contribution in [0.5, 0.6) is 0 Å². The van der Waals surface area contributed by atoms with Crippen LogP contribution in [0.4, 0.5) is 4.79 Å². The zero-order valence-electron chi connectivity index (χ0n) is 8.88. The lowest BCUT2D eigenvalue weighted by Gasteiger charge is -2.03. The maximum Gasteiger partial charge on any atom is 0.404 e. The summed E-state index contributed by atoms with van der Waals surface area (Å²) >= 11 is 0. The van der Waals surface area contributed by atoms with Crippen molar-refractivity contribution in [3.8, 4) is 0 Å². The third-order valence-corrected chi connectivity index (χ3v) is 2.58. The molecule has 1 saturated carbocycles. The average molecular weight is 209 g/mol. The van der Waals surface area contributed by atoms with Crippen molar-refractivity contribution in [2.24, 2.45) is 5.73 Å². The summed E-state index contributed by atoms with van der Waals surface area (Å²) in [7, 11) is 0. The zero-order chi connectivity index (χ0) is 11.0. The molecular weight excluding hydrogens is 194 g/mol. The van der Waals surface area contributed by atoms with Crippen LogP contribution < -0.4 is 5.73 Å². The highest BCUT2D eigenvalue weighted by Gasteiger charge is 2.42. The van der Waals surface area contributed by atoms with Gasteiger partial charge in [0.1, 0.15) is 6.10 Å². The van der Waals surface area contributed by atoms with Crippen LogP contribution in [0.15, 0.2) is 12.4 Å². The van der Waals surface area contributed by atoms with Crippen molar-refractivity contribution >= 4 is 6.09 Å². The quantitative estimate of drug-likeness (QED) is 0.818. The molecule has 5 nitrogen and oxygen atoms in total. The lowest BCUT2D eigenvalue weighted by molar-refractivity contribution is 0.147. The maximum absolute atomic E-state index is 10.5. The third kappa shape index (κ3) is 2.11. The van der Waals surface area contributed by atoms with Gasteiger partial charge in [-0.15, -0.1) is 0 Å². The first-order chi connectivity index (χ1) is 7.08. The fourth-order valence-corrected chi connectivity index (χ4v) is 1.63. The number of primary amides is 1. The van der Waals surface area contributed by atoms with Gasteiger partial charge in [-0.1, -0.05) is 0 Å². The molecule has 2 unspecified atom stereocenters. The fraction of sp³-hybridized carbons (Fsp3) is 0.600. The van der Waals surface area contributed by atoms with Crippen molar-refractivity contribution in [1.82, 2.24) is 9.78 Å². The number of amides is 1. The van der Waals surface area contributed by atoms with Crippen LogP contribution in [0.3, 0.4) is 0 Å². The minimum Gasteiger partial charge on any atom is -0.446 e. The Balaban J connectivity index is 1.98. The van der Waals surface area contributed by atoms with E-state index in [9.17, 15) is 4.79 Å². The van der Waals surface area contributed by atoms with Gasteiger partial charge in [0.15, 0.2) is 0 Å². The van der Waals surface area contributed by atoms with E-state index in [2.05, 4.69) is 18.9 Å². The van der Waals surface area contributed by atoms with Crippen molar-refractivity contribution in [2.45, 2.75) is 38.3 Å². The third-order valence-electron chi connectivity index (χ3n) is 2.58. The summed E-state index contributed by atoms with van der Waals surface area (Å²) in [5, 5.41) is 4.24. The lowest BCUT2D eigenvalue weighted by atomic mass is 10.2. The Morgan fingerprint density at radius 1 is 1.73 bits per heavy atom. The largest absolute Gasteiger partial charge is 0.446 e. The molecule has 2 rings (SSSR count). The molecule has 0 spiro atoms. The number of nitrogens with zero attached hydrogens (tertiary/aromatic N) is 2. The monoisotopic (exact) mass is 209 g/mol. The minimum absolute atomic E-state index is 0.0488. The van der Waals surface area contributed by atoms with Crippen LogP contribution in [-0.2, 0) is 4.74 Å². The van der Waals surface area contributed by atoms with Crippen LogP contribution in [0, 0.1) is 0 Å². The molecule has 5 heteroatoms. The molecule has 15 heavy (non-hydrogen) atoms. The van der Waals surface area contributed by atoms with Crippen LogP contribution in [0.25, 0.3) is 0 Å². The van der Waals surface area contributed by atoms with E-state index < -0.39 is 6.09 Å². The number of nitrogens with two attached hydrogens (primary N) is 1. The van der Waals surface area contributed by atoms with E-state index in [0.717, 1.165) is 12.0 Å². The predicted molar refractivity (Wildman–Crippen MR) is 54.4 cm³/mol. The van der Waals surface area contributed by atoms with Crippen LogP contribution in [0.1, 0.15) is 37.8 Å². The SMILES string of the molecule is CC(C)n1cc(C2CC2OC(N)=O)cn1. The Bertz CT molecular complexity index is 372. The molecule has 1 aromatic rings. The summed E-state index contributed by atoms with van der Waals surface area (Å²) < 4.78 is 6.80. The van der Waals surface area contributed by atoms with E-state index in [4.69, 9.17) is 10.5 Å². The molecule has 1 aliphatic rings. The lowest BCUT2D eigenvalue weighted by Crippen LogP contribution is -2.14. The smallest absolute Gasteiger partial charge is 0.404 e. The van der Waals surface area contributed by atoms with Gasteiger partial charge in [0.05, 0.1) is 6.20 Å². The van der Waals surface area contributed by atoms with E-state index in [-0.39, 0.29) is 12.0 Å². The summed E-state index contributed by atoms with van der Waals surface area (Å²) in [6, 6.07) is 0.355. The number of rotatable bonds is 3. The highest BCUT2D eigenvalue weighted by Crippen LogP contribution is 2.43. The molecule has 0 bridgehead atoms. The Kier molecular flexibility index (Phi) is 2.38. The van der Waals surface area contributed by atoms with Crippen LogP contribution in [-0.4, -0.2) is 22.0 Å². The molecule has 0 aliphatic heterocycles. The first-order valence-corrected chi connectivity index (χ1v) is 5.08. The number of aromatic nitrogens is 2. The molecule has 0 aromatic carbocycles. The van der Waals surface area contributed by atoms with Gasteiger partial charge >= 0.3 is 6.09 Å². The van der Waals surface area contributed by atoms with Gasteiger partial charge < -0.3 is 10.5 Å².